The summed E-state index contributed by atoms with van der Waals surface area (Å²) in [6, 6.07) is 14.0. The molecule has 8 heteroatoms. The van der Waals surface area contributed by atoms with Gasteiger partial charge in [0.25, 0.3) is 5.91 Å². The van der Waals surface area contributed by atoms with Crippen LogP contribution in [0.5, 0.6) is 5.75 Å². The van der Waals surface area contributed by atoms with Crippen LogP contribution in [0, 0.1) is 0 Å². The molecule has 3 rings (SSSR count). The molecule has 2 aromatic carbocycles. The maximum atomic E-state index is 13.0. The van der Waals surface area contributed by atoms with E-state index in [1.165, 1.54) is 0 Å². The molecule has 0 saturated carbocycles. The zero-order valence-electron chi connectivity index (χ0n) is 16.3. The summed E-state index contributed by atoms with van der Waals surface area (Å²) in [5, 5.41) is 9.18. The fourth-order valence-electron chi connectivity index (χ4n) is 2.75. The third kappa shape index (κ3) is 5.28. The van der Waals surface area contributed by atoms with Crippen LogP contribution in [-0.2, 0) is 11.3 Å². The summed E-state index contributed by atoms with van der Waals surface area (Å²) in [4.78, 5) is 14.6. The molecule has 0 fully saturated rings. The molecule has 0 aliphatic carbocycles. The first kappa shape index (κ1) is 21.1. The Kier molecular flexibility index (Phi) is 6.77. The van der Waals surface area contributed by atoms with E-state index in [0.717, 1.165) is 0 Å². The van der Waals surface area contributed by atoms with E-state index in [-0.39, 0.29) is 18.5 Å². The number of carbonyl (C=O) groups excluding carboxylic acids is 1. The number of benzene rings is 2. The Labute approximate surface area is 179 Å². The first-order chi connectivity index (χ1) is 13.8. The van der Waals surface area contributed by atoms with Crippen molar-refractivity contribution in [2.75, 3.05) is 0 Å². The monoisotopic (exact) mass is 433 g/mol. The number of rotatable bonds is 7. The van der Waals surface area contributed by atoms with Gasteiger partial charge in [-0.2, -0.15) is 0 Å². The summed E-state index contributed by atoms with van der Waals surface area (Å²) in [7, 11) is 0. The molecule has 1 atom stereocenters. The van der Waals surface area contributed by atoms with E-state index < -0.39 is 6.10 Å². The third-order valence-corrected chi connectivity index (χ3v) is 4.80. The zero-order valence-corrected chi connectivity index (χ0v) is 17.8. The van der Waals surface area contributed by atoms with E-state index in [4.69, 9.17) is 32.4 Å². The second-order valence-corrected chi connectivity index (χ2v) is 7.60. The predicted octanol–water partition coefficient (Wildman–Crippen LogP) is 5.25. The number of halogens is 2. The van der Waals surface area contributed by atoms with E-state index >= 15 is 0 Å². The predicted molar refractivity (Wildman–Crippen MR) is 112 cm³/mol. The Bertz CT molecular complexity index is 991. The summed E-state index contributed by atoms with van der Waals surface area (Å²) in [6.07, 6.45) is -0.707. The van der Waals surface area contributed by atoms with Gasteiger partial charge in [0.2, 0.25) is 11.8 Å². The van der Waals surface area contributed by atoms with Crippen LogP contribution >= 0.6 is 23.2 Å². The Morgan fingerprint density at radius 1 is 1.10 bits per heavy atom. The van der Waals surface area contributed by atoms with Crippen molar-refractivity contribution in [3.05, 3.63) is 64.5 Å². The average molecular weight is 434 g/mol. The van der Waals surface area contributed by atoms with Crippen molar-refractivity contribution < 1.29 is 13.9 Å². The molecule has 0 aliphatic rings. The maximum Gasteiger partial charge on any atom is 0.264 e. The Morgan fingerprint density at radius 3 is 2.55 bits per heavy atom. The molecule has 152 valence electrons. The van der Waals surface area contributed by atoms with Crippen LogP contribution in [0.3, 0.4) is 0 Å². The quantitative estimate of drug-likeness (QED) is 0.508. The van der Waals surface area contributed by atoms with Gasteiger partial charge in [0.15, 0.2) is 6.10 Å². The van der Waals surface area contributed by atoms with Gasteiger partial charge >= 0.3 is 0 Å². The number of amides is 1. The number of hydrogen-bond acceptors (Lipinski definition) is 5. The summed E-state index contributed by atoms with van der Waals surface area (Å²) in [5.74, 6) is 0.959. The van der Waals surface area contributed by atoms with E-state index in [9.17, 15) is 4.79 Å². The van der Waals surface area contributed by atoms with Crippen molar-refractivity contribution in [2.24, 2.45) is 0 Å². The topological polar surface area (TPSA) is 68.5 Å². The number of carbonyl (C=O) groups is 1. The van der Waals surface area contributed by atoms with Crippen molar-refractivity contribution in [1.29, 1.82) is 0 Å². The van der Waals surface area contributed by atoms with Crippen molar-refractivity contribution in [2.45, 2.75) is 39.5 Å². The maximum absolute atomic E-state index is 13.0. The molecule has 1 heterocycles. The highest BCUT2D eigenvalue weighted by Crippen LogP contribution is 2.27. The van der Waals surface area contributed by atoms with Gasteiger partial charge in [0.05, 0.1) is 17.1 Å². The van der Waals surface area contributed by atoms with Crippen molar-refractivity contribution >= 4 is 29.1 Å². The van der Waals surface area contributed by atoms with E-state index in [1.54, 1.807) is 48.2 Å². The smallest absolute Gasteiger partial charge is 0.264 e. The highest BCUT2D eigenvalue weighted by molar-refractivity contribution is 6.33. The average Bonchev–Trinajstić information content (AvgIpc) is 3.14. The van der Waals surface area contributed by atoms with Crippen LogP contribution in [0.25, 0.3) is 11.5 Å². The second kappa shape index (κ2) is 9.29. The van der Waals surface area contributed by atoms with E-state index in [2.05, 4.69) is 10.2 Å². The van der Waals surface area contributed by atoms with Gasteiger partial charge in [0, 0.05) is 11.1 Å². The van der Waals surface area contributed by atoms with Gasteiger partial charge in [-0.1, -0.05) is 41.4 Å². The highest BCUT2D eigenvalue weighted by Gasteiger charge is 2.26. The Hall–Kier alpha value is -2.57. The second-order valence-electron chi connectivity index (χ2n) is 6.76. The lowest BCUT2D eigenvalue weighted by molar-refractivity contribution is -0.140. The largest absolute Gasteiger partial charge is 0.481 e. The summed E-state index contributed by atoms with van der Waals surface area (Å²) < 4.78 is 11.5. The first-order valence-electron chi connectivity index (χ1n) is 9.15. The number of hydrogen-bond donors (Lipinski definition) is 0. The van der Waals surface area contributed by atoms with E-state index in [0.29, 0.717) is 33.1 Å². The standard InChI is InChI=1S/C21H21Cl2N3O3/c1-13(2)26(21(27)14(3)28-16-8-6-7-15(22)11-16)12-19-24-25-20(29-19)17-9-4-5-10-18(17)23/h4-11,13-14H,12H2,1-3H3. The molecule has 1 amide bonds. The number of nitrogens with zero attached hydrogens (tertiary/aromatic N) is 3. The van der Waals surface area contributed by atoms with Crippen LogP contribution < -0.4 is 4.74 Å². The van der Waals surface area contributed by atoms with E-state index in [1.807, 2.05) is 26.0 Å². The molecule has 29 heavy (non-hydrogen) atoms. The summed E-state index contributed by atoms with van der Waals surface area (Å²) >= 11 is 12.2. The fraction of sp³-hybridized carbons (Fsp3) is 0.286. The molecule has 1 unspecified atom stereocenters. The lowest BCUT2D eigenvalue weighted by Crippen LogP contribution is -2.43. The molecule has 0 spiro atoms. The normalized spacial score (nSPS) is 12.1. The van der Waals surface area contributed by atoms with Gasteiger partial charge < -0.3 is 14.1 Å². The molecule has 0 aliphatic heterocycles. The Morgan fingerprint density at radius 2 is 1.86 bits per heavy atom. The molecule has 0 saturated heterocycles. The Balaban J connectivity index is 1.73. The fourth-order valence-corrected chi connectivity index (χ4v) is 3.15. The lowest BCUT2D eigenvalue weighted by Gasteiger charge is -2.28. The van der Waals surface area contributed by atoms with Gasteiger partial charge in [-0.25, -0.2) is 0 Å². The van der Waals surface area contributed by atoms with Crippen molar-refractivity contribution in [1.82, 2.24) is 15.1 Å². The van der Waals surface area contributed by atoms with Crippen molar-refractivity contribution in [3.63, 3.8) is 0 Å². The minimum atomic E-state index is -0.707. The minimum absolute atomic E-state index is 0.0939. The molecule has 3 aromatic rings. The lowest BCUT2D eigenvalue weighted by atomic mass is 10.2. The minimum Gasteiger partial charge on any atom is -0.481 e. The molecular weight excluding hydrogens is 413 g/mol. The molecule has 0 N–H and O–H groups in total. The van der Waals surface area contributed by atoms with Gasteiger partial charge in [0.1, 0.15) is 5.75 Å². The summed E-state index contributed by atoms with van der Waals surface area (Å²) in [6.45, 7) is 5.68. The highest BCUT2D eigenvalue weighted by atomic mass is 35.5. The van der Waals surface area contributed by atoms with Crippen LogP contribution in [0.4, 0.5) is 0 Å². The molecule has 1 aromatic heterocycles. The number of ether oxygens (including phenoxy) is 1. The van der Waals surface area contributed by atoms with Gasteiger partial charge in [-0.05, 0) is 51.1 Å². The van der Waals surface area contributed by atoms with Crippen LogP contribution in [-0.4, -0.2) is 33.2 Å². The van der Waals surface area contributed by atoms with Crippen LogP contribution in [0.2, 0.25) is 10.0 Å². The third-order valence-electron chi connectivity index (χ3n) is 4.24. The number of aromatic nitrogens is 2. The molecule has 0 bridgehead atoms. The first-order valence-corrected chi connectivity index (χ1v) is 9.90. The van der Waals surface area contributed by atoms with Crippen LogP contribution in [0.15, 0.2) is 52.9 Å². The molecule has 0 radical (unpaired) electrons. The molecule has 6 nitrogen and oxygen atoms in total. The summed E-state index contributed by atoms with van der Waals surface area (Å²) in [5.41, 5.74) is 0.646. The van der Waals surface area contributed by atoms with Gasteiger partial charge in [-0.3, -0.25) is 4.79 Å². The van der Waals surface area contributed by atoms with Gasteiger partial charge in [-0.15, -0.1) is 10.2 Å². The SMILES string of the molecule is CC(Oc1cccc(Cl)c1)C(=O)N(Cc1nnc(-c2ccccc2Cl)o1)C(C)C. The van der Waals surface area contributed by atoms with Crippen LogP contribution in [0.1, 0.15) is 26.7 Å². The zero-order chi connectivity index (χ0) is 21.0. The molecular formula is C21H21Cl2N3O3. The van der Waals surface area contributed by atoms with Crippen molar-refractivity contribution in [3.8, 4) is 17.2 Å².